The van der Waals surface area contributed by atoms with E-state index < -0.39 is 6.04 Å². The zero-order valence-electron chi connectivity index (χ0n) is 15.5. The molecule has 1 aromatic rings. The number of carbonyl (C=O) groups excluding carboxylic acids is 2. The number of rotatable bonds is 2. The van der Waals surface area contributed by atoms with Crippen molar-refractivity contribution in [3.8, 4) is 0 Å². The lowest BCUT2D eigenvalue weighted by molar-refractivity contribution is -0.127. The van der Waals surface area contributed by atoms with Crippen molar-refractivity contribution < 1.29 is 9.59 Å². The summed E-state index contributed by atoms with van der Waals surface area (Å²) in [6, 6.07) is 7.75. The van der Waals surface area contributed by atoms with E-state index in [-0.39, 0.29) is 23.5 Å². The summed E-state index contributed by atoms with van der Waals surface area (Å²) >= 11 is 0. The Kier molecular flexibility index (Phi) is 5.02. The Labute approximate surface area is 150 Å². The number of carbonyl (C=O) groups is 2. The molecule has 0 spiro atoms. The number of benzene rings is 1. The molecule has 1 aromatic carbocycles. The Hall–Kier alpha value is -2.04. The van der Waals surface area contributed by atoms with Crippen molar-refractivity contribution in [2.24, 2.45) is 0 Å². The van der Waals surface area contributed by atoms with Crippen LogP contribution in [0.1, 0.15) is 57.6 Å². The van der Waals surface area contributed by atoms with Crippen LogP contribution in [0, 0.1) is 0 Å². The van der Waals surface area contributed by atoms with E-state index in [1.165, 1.54) is 12.8 Å². The summed E-state index contributed by atoms with van der Waals surface area (Å²) in [7, 11) is 0. The minimum absolute atomic E-state index is 0.0800. The van der Waals surface area contributed by atoms with Gasteiger partial charge in [0.2, 0.25) is 5.91 Å². The van der Waals surface area contributed by atoms with E-state index >= 15 is 0 Å². The van der Waals surface area contributed by atoms with Gasteiger partial charge in [0.15, 0.2) is 0 Å². The first-order chi connectivity index (χ1) is 11.8. The van der Waals surface area contributed by atoms with Gasteiger partial charge in [-0.15, -0.1) is 0 Å². The smallest absolute Gasteiger partial charge is 0.318 e. The summed E-state index contributed by atoms with van der Waals surface area (Å²) < 4.78 is 0. The van der Waals surface area contributed by atoms with Gasteiger partial charge >= 0.3 is 6.03 Å². The zero-order valence-corrected chi connectivity index (χ0v) is 15.5. The molecule has 2 aliphatic rings. The van der Waals surface area contributed by atoms with E-state index in [2.05, 4.69) is 16.7 Å². The molecule has 0 aromatic heterocycles. The predicted molar refractivity (Wildman–Crippen MR) is 98.2 cm³/mol. The molecule has 1 atom stereocenters. The maximum Gasteiger partial charge on any atom is 0.318 e. The van der Waals surface area contributed by atoms with Gasteiger partial charge in [0, 0.05) is 24.5 Å². The van der Waals surface area contributed by atoms with Gasteiger partial charge in [-0.25, -0.2) is 4.79 Å². The van der Waals surface area contributed by atoms with Gasteiger partial charge < -0.3 is 15.5 Å². The van der Waals surface area contributed by atoms with Crippen LogP contribution in [0.2, 0.25) is 0 Å². The van der Waals surface area contributed by atoms with Gasteiger partial charge in [0.1, 0.15) is 6.04 Å². The Morgan fingerprint density at radius 2 is 1.72 bits per heavy atom. The third kappa shape index (κ3) is 4.33. The Morgan fingerprint density at radius 3 is 2.36 bits per heavy atom. The average molecular weight is 343 g/mol. The first-order valence-electron chi connectivity index (χ1n) is 9.29. The number of nitrogens with one attached hydrogen (secondary N) is 2. The fourth-order valence-corrected chi connectivity index (χ4v) is 3.75. The van der Waals surface area contributed by atoms with Crippen molar-refractivity contribution in [2.45, 2.75) is 77.0 Å². The molecule has 2 N–H and O–H groups in total. The topological polar surface area (TPSA) is 61.4 Å². The second-order valence-corrected chi connectivity index (χ2v) is 8.29. The normalized spacial score (nSPS) is 20.9. The van der Waals surface area contributed by atoms with Crippen molar-refractivity contribution >= 4 is 11.9 Å². The monoisotopic (exact) mass is 343 g/mol. The number of hydrogen-bond acceptors (Lipinski definition) is 2. The van der Waals surface area contributed by atoms with E-state index in [4.69, 9.17) is 0 Å². The molecule has 0 saturated heterocycles. The summed E-state index contributed by atoms with van der Waals surface area (Å²) in [6.45, 7) is 6.37. The molecule has 5 heteroatoms. The number of urea groups is 1. The highest BCUT2D eigenvalue weighted by molar-refractivity contribution is 5.88. The van der Waals surface area contributed by atoms with E-state index in [1.807, 2.05) is 39.0 Å². The highest BCUT2D eigenvalue weighted by Crippen LogP contribution is 2.25. The molecule has 5 nitrogen and oxygen atoms in total. The number of fused-ring (bicyclic) bond motifs is 1. The van der Waals surface area contributed by atoms with Gasteiger partial charge in [-0.3, -0.25) is 4.79 Å². The van der Waals surface area contributed by atoms with Crippen LogP contribution < -0.4 is 10.6 Å². The molecule has 136 valence electrons. The molecule has 0 unspecified atom stereocenters. The van der Waals surface area contributed by atoms with Crippen molar-refractivity contribution in [3.63, 3.8) is 0 Å². The molecule has 1 fully saturated rings. The summed E-state index contributed by atoms with van der Waals surface area (Å²) in [4.78, 5) is 27.4. The quantitative estimate of drug-likeness (QED) is 0.867. The van der Waals surface area contributed by atoms with Gasteiger partial charge in [-0.2, -0.15) is 0 Å². The zero-order chi connectivity index (χ0) is 18.0. The molecular formula is C20H29N3O2. The summed E-state index contributed by atoms with van der Waals surface area (Å²) in [5.41, 5.74) is 1.96. The largest absolute Gasteiger partial charge is 0.350 e. The van der Waals surface area contributed by atoms with Gasteiger partial charge in [-0.1, -0.05) is 37.1 Å². The fraction of sp³-hybridized carbons (Fsp3) is 0.600. The summed E-state index contributed by atoms with van der Waals surface area (Å²) in [5.74, 6) is -0.0800. The minimum atomic E-state index is -0.462. The lowest BCUT2D eigenvalue weighted by Crippen LogP contribution is -2.58. The minimum Gasteiger partial charge on any atom is -0.350 e. The Bertz CT molecular complexity index is 645. The maximum absolute atomic E-state index is 12.9. The molecule has 0 radical (unpaired) electrons. The maximum atomic E-state index is 12.9. The number of hydrogen-bond donors (Lipinski definition) is 2. The van der Waals surface area contributed by atoms with Gasteiger partial charge in [0.05, 0.1) is 0 Å². The lowest BCUT2D eigenvalue weighted by Gasteiger charge is -2.38. The summed E-state index contributed by atoms with van der Waals surface area (Å²) in [6.07, 6.45) is 4.98. The Morgan fingerprint density at radius 1 is 1.08 bits per heavy atom. The molecule has 1 aliphatic carbocycles. The van der Waals surface area contributed by atoms with Crippen LogP contribution in [0.25, 0.3) is 0 Å². The van der Waals surface area contributed by atoms with E-state index in [1.54, 1.807) is 4.90 Å². The van der Waals surface area contributed by atoms with Crippen LogP contribution in [0.3, 0.4) is 0 Å². The first-order valence-corrected chi connectivity index (χ1v) is 9.29. The third-order valence-electron chi connectivity index (χ3n) is 4.99. The van der Waals surface area contributed by atoms with E-state index in [0.717, 1.165) is 24.0 Å². The van der Waals surface area contributed by atoms with E-state index in [0.29, 0.717) is 13.0 Å². The molecular weight excluding hydrogens is 314 g/mol. The molecule has 3 amide bonds. The Balaban J connectivity index is 1.80. The van der Waals surface area contributed by atoms with Crippen LogP contribution in [-0.2, 0) is 17.8 Å². The van der Waals surface area contributed by atoms with Crippen LogP contribution >= 0.6 is 0 Å². The SMILES string of the molecule is CC(C)(C)NC(=O)[C@@H]1Cc2ccccc2CN1C(=O)NC1CCCC1. The fourth-order valence-electron chi connectivity index (χ4n) is 3.75. The number of nitrogens with zero attached hydrogens (tertiary/aromatic N) is 1. The first kappa shape index (κ1) is 17.8. The van der Waals surface area contributed by atoms with Crippen LogP contribution in [0.15, 0.2) is 24.3 Å². The molecule has 3 rings (SSSR count). The van der Waals surface area contributed by atoms with Gasteiger partial charge in [0.25, 0.3) is 0 Å². The van der Waals surface area contributed by atoms with Crippen LogP contribution in [0.5, 0.6) is 0 Å². The molecule has 0 bridgehead atoms. The lowest BCUT2D eigenvalue weighted by atomic mass is 9.93. The van der Waals surface area contributed by atoms with Crippen molar-refractivity contribution in [1.82, 2.24) is 15.5 Å². The molecule has 25 heavy (non-hydrogen) atoms. The summed E-state index contributed by atoms with van der Waals surface area (Å²) in [5, 5.41) is 6.17. The van der Waals surface area contributed by atoms with Crippen molar-refractivity contribution in [1.29, 1.82) is 0 Å². The molecule has 1 saturated carbocycles. The average Bonchev–Trinajstić information content (AvgIpc) is 3.05. The van der Waals surface area contributed by atoms with Crippen LogP contribution in [-0.4, -0.2) is 34.5 Å². The highest BCUT2D eigenvalue weighted by Gasteiger charge is 2.36. The van der Waals surface area contributed by atoms with Crippen molar-refractivity contribution in [2.75, 3.05) is 0 Å². The predicted octanol–water partition coefficient (Wildman–Crippen LogP) is 2.98. The van der Waals surface area contributed by atoms with Gasteiger partial charge in [-0.05, 0) is 44.7 Å². The standard InChI is InChI=1S/C20H29N3O2/c1-20(2,3)22-18(24)17-12-14-8-4-5-9-15(14)13-23(17)19(25)21-16-10-6-7-11-16/h4-5,8-9,16-17H,6-7,10-13H2,1-3H3,(H,21,25)(H,22,24)/t17-/m0/s1. The number of amides is 3. The molecule has 1 aliphatic heterocycles. The third-order valence-corrected chi connectivity index (χ3v) is 4.99. The van der Waals surface area contributed by atoms with Crippen molar-refractivity contribution in [3.05, 3.63) is 35.4 Å². The highest BCUT2D eigenvalue weighted by atomic mass is 16.2. The second-order valence-electron chi connectivity index (χ2n) is 8.29. The van der Waals surface area contributed by atoms with E-state index in [9.17, 15) is 9.59 Å². The second kappa shape index (κ2) is 7.06. The molecule has 1 heterocycles. The van der Waals surface area contributed by atoms with Crippen LogP contribution in [0.4, 0.5) is 4.79 Å².